The number of alkyl halides is 3. The molecule has 10 heteroatoms. The minimum atomic E-state index is -4.58. The maximum absolute atomic E-state index is 13.2. The fourth-order valence-corrected chi connectivity index (χ4v) is 5.26. The minimum Gasteiger partial charge on any atom is -0.324 e. The highest BCUT2D eigenvalue weighted by Gasteiger charge is 2.35. The summed E-state index contributed by atoms with van der Waals surface area (Å²) in [6.07, 6.45) is -2.73. The van der Waals surface area contributed by atoms with E-state index in [0.717, 1.165) is 24.5 Å². The van der Waals surface area contributed by atoms with Crippen LogP contribution >= 0.6 is 0 Å². The first-order valence-corrected chi connectivity index (χ1v) is 12.3. The van der Waals surface area contributed by atoms with Crippen LogP contribution in [0.1, 0.15) is 31.4 Å². The van der Waals surface area contributed by atoms with Gasteiger partial charge < -0.3 is 5.32 Å². The molecule has 1 atom stereocenters. The topological polar surface area (TPSA) is 69.7 Å². The second kappa shape index (κ2) is 10.2. The van der Waals surface area contributed by atoms with Crippen LogP contribution in [0.3, 0.4) is 0 Å². The fraction of sp³-hybridized carbons (Fsp3) is 0.435. The molecule has 1 fully saturated rings. The van der Waals surface area contributed by atoms with Crippen molar-refractivity contribution in [1.29, 1.82) is 0 Å². The summed E-state index contributed by atoms with van der Waals surface area (Å²) in [5, 5.41) is 2.36. The average molecular weight is 484 g/mol. The first-order valence-electron chi connectivity index (χ1n) is 10.8. The molecule has 3 rings (SSSR count). The number of para-hydroxylation sites is 1. The molecular weight excluding hydrogens is 455 g/mol. The van der Waals surface area contributed by atoms with Crippen molar-refractivity contribution < 1.29 is 26.4 Å². The smallest absolute Gasteiger partial charge is 0.324 e. The zero-order valence-electron chi connectivity index (χ0n) is 18.6. The molecule has 1 aliphatic rings. The molecule has 0 bridgehead atoms. The number of halogens is 3. The number of carbonyl (C=O) groups excluding carboxylic acids is 1. The third-order valence-electron chi connectivity index (χ3n) is 5.79. The van der Waals surface area contributed by atoms with Crippen molar-refractivity contribution in [2.24, 2.45) is 0 Å². The molecule has 1 aliphatic heterocycles. The normalized spacial score (nSPS) is 17.0. The van der Waals surface area contributed by atoms with Crippen molar-refractivity contribution in [2.75, 3.05) is 31.5 Å². The van der Waals surface area contributed by atoms with E-state index in [1.165, 1.54) is 22.5 Å². The molecule has 1 saturated heterocycles. The predicted octanol–water partition coefficient (Wildman–Crippen LogP) is 3.99. The van der Waals surface area contributed by atoms with Gasteiger partial charge in [0.1, 0.15) is 0 Å². The molecule has 0 radical (unpaired) electrons. The van der Waals surface area contributed by atoms with E-state index in [0.29, 0.717) is 13.1 Å². The Bertz CT molecular complexity index is 1060. The van der Waals surface area contributed by atoms with E-state index < -0.39 is 33.7 Å². The lowest BCUT2D eigenvalue weighted by molar-refractivity contribution is -0.137. The Kier molecular flexibility index (Phi) is 7.81. The van der Waals surface area contributed by atoms with Gasteiger partial charge in [0.25, 0.3) is 0 Å². The van der Waals surface area contributed by atoms with Crippen molar-refractivity contribution >= 4 is 21.6 Å². The van der Waals surface area contributed by atoms with E-state index in [1.807, 2.05) is 12.1 Å². The van der Waals surface area contributed by atoms with Gasteiger partial charge in [0.05, 0.1) is 22.2 Å². The molecular formula is C23H28F3N3O3S. The quantitative estimate of drug-likeness (QED) is 0.647. The molecule has 0 spiro atoms. The molecule has 1 unspecified atom stereocenters. The lowest BCUT2D eigenvalue weighted by Crippen LogP contribution is -2.53. The van der Waals surface area contributed by atoms with Crippen LogP contribution in [0.15, 0.2) is 53.4 Å². The summed E-state index contributed by atoms with van der Waals surface area (Å²) >= 11 is 0. The Morgan fingerprint density at radius 1 is 1.03 bits per heavy atom. The third-order valence-corrected chi connectivity index (χ3v) is 7.70. The van der Waals surface area contributed by atoms with E-state index in [9.17, 15) is 26.4 Å². The number of sulfonamides is 1. The van der Waals surface area contributed by atoms with Crippen LogP contribution in [0.25, 0.3) is 0 Å². The number of carbonyl (C=O) groups is 1. The third kappa shape index (κ3) is 5.93. The number of piperazine rings is 1. The van der Waals surface area contributed by atoms with Crippen molar-refractivity contribution in [3.8, 4) is 0 Å². The number of aryl methyl sites for hydroxylation is 1. The Morgan fingerprint density at radius 2 is 1.64 bits per heavy atom. The van der Waals surface area contributed by atoms with Crippen LogP contribution in [0.4, 0.5) is 18.9 Å². The van der Waals surface area contributed by atoms with Crippen molar-refractivity contribution in [1.82, 2.24) is 9.21 Å². The fourth-order valence-electron chi connectivity index (χ4n) is 3.84. The maximum Gasteiger partial charge on any atom is 0.418 e. The van der Waals surface area contributed by atoms with Crippen LogP contribution in [-0.2, 0) is 27.4 Å². The molecule has 2 aromatic rings. The van der Waals surface area contributed by atoms with E-state index in [4.69, 9.17) is 0 Å². The van der Waals surface area contributed by atoms with Gasteiger partial charge in [-0.2, -0.15) is 17.5 Å². The summed E-state index contributed by atoms with van der Waals surface area (Å²) in [5.41, 5.74) is -0.130. The Hall–Kier alpha value is -2.43. The van der Waals surface area contributed by atoms with Crippen molar-refractivity contribution in [3.63, 3.8) is 0 Å². The summed E-state index contributed by atoms with van der Waals surface area (Å²) in [7, 11) is -3.65. The molecule has 6 nitrogen and oxygen atoms in total. The first kappa shape index (κ1) is 25.2. The van der Waals surface area contributed by atoms with E-state index in [-0.39, 0.29) is 23.7 Å². The predicted molar refractivity (Wildman–Crippen MR) is 120 cm³/mol. The Balaban J connectivity index is 1.62. The van der Waals surface area contributed by atoms with Crippen LogP contribution in [0.2, 0.25) is 0 Å². The number of amides is 1. The highest BCUT2D eigenvalue weighted by molar-refractivity contribution is 7.89. The lowest BCUT2D eigenvalue weighted by Gasteiger charge is -2.36. The molecule has 0 aromatic heterocycles. The number of nitrogens with zero attached hydrogens (tertiary/aromatic N) is 2. The highest BCUT2D eigenvalue weighted by atomic mass is 32.2. The maximum atomic E-state index is 13.2. The van der Waals surface area contributed by atoms with Gasteiger partial charge in [-0.25, -0.2) is 8.42 Å². The van der Waals surface area contributed by atoms with Gasteiger partial charge in [-0.15, -0.1) is 0 Å². The van der Waals surface area contributed by atoms with E-state index in [2.05, 4.69) is 12.2 Å². The van der Waals surface area contributed by atoms with Gasteiger partial charge >= 0.3 is 6.18 Å². The molecule has 1 heterocycles. The van der Waals surface area contributed by atoms with Gasteiger partial charge in [0, 0.05) is 26.2 Å². The number of anilines is 1. The van der Waals surface area contributed by atoms with Crippen molar-refractivity contribution in [2.45, 2.75) is 43.8 Å². The standard InChI is InChI=1S/C23H28F3N3O3S/c1-3-6-18-9-11-19(12-10-18)33(31,32)29-15-13-28(14-16-29)17(2)22(30)27-21-8-5-4-7-20(21)23(24,25)26/h4-5,7-12,17H,3,6,13-16H2,1-2H3,(H,27,30). The second-order valence-electron chi connectivity index (χ2n) is 8.04. The van der Waals surface area contributed by atoms with Crippen LogP contribution < -0.4 is 5.32 Å². The largest absolute Gasteiger partial charge is 0.418 e. The minimum absolute atomic E-state index is 0.190. The summed E-state index contributed by atoms with van der Waals surface area (Å²) in [6, 6.07) is 11.0. The van der Waals surface area contributed by atoms with Gasteiger partial charge in [-0.1, -0.05) is 37.6 Å². The molecule has 0 saturated carbocycles. The monoisotopic (exact) mass is 483 g/mol. The second-order valence-corrected chi connectivity index (χ2v) is 9.98. The average Bonchev–Trinajstić information content (AvgIpc) is 2.79. The summed E-state index contributed by atoms with van der Waals surface area (Å²) in [4.78, 5) is 14.6. The number of hydrogen-bond acceptors (Lipinski definition) is 4. The summed E-state index contributed by atoms with van der Waals surface area (Å²) in [6.45, 7) is 4.62. The zero-order valence-corrected chi connectivity index (χ0v) is 19.4. The zero-order chi connectivity index (χ0) is 24.2. The van der Waals surface area contributed by atoms with Crippen LogP contribution in [0.5, 0.6) is 0 Å². The SMILES string of the molecule is CCCc1ccc(S(=O)(=O)N2CCN(C(C)C(=O)Nc3ccccc3C(F)(F)F)CC2)cc1. The van der Waals surface area contributed by atoms with Gasteiger partial charge in [-0.05, 0) is 43.2 Å². The highest BCUT2D eigenvalue weighted by Crippen LogP contribution is 2.34. The summed E-state index contributed by atoms with van der Waals surface area (Å²) < 4.78 is 66.9. The summed E-state index contributed by atoms with van der Waals surface area (Å²) in [5.74, 6) is -0.575. The van der Waals surface area contributed by atoms with Gasteiger partial charge in [0.2, 0.25) is 15.9 Å². The number of nitrogens with one attached hydrogen (secondary N) is 1. The van der Waals surface area contributed by atoms with E-state index >= 15 is 0 Å². The number of benzene rings is 2. The number of hydrogen-bond donors (Lipinski definition) is 1. The molecule has 1 amide bonds. The van der Waals surface area contributed by atoms with Crippen LogP contribution in [0, 0.1) is 0 Å². The lowest BCUT2D eigenvalue weighted by atomic mass is 10.1. The first-order chi connectivity index (χ1) is 15.5. The van der Waals surface area contributed by atoms with Gasteiger partial charge in [0.15, 0.2) is 0 Å². The van der Waals surface area contributed by atoms with E-state index in [1.54, 1.807) is 24.0 Å². The number of rotatable bonds is 7. The van der Waals surface area contributed by atoms with Crippen molar-refractivity contribution in [3.05, 3.63) is 59.7 Å². The van der Waals surface area contributed by atoms with Crippen LogP contribution in [-0.4, -0.2) is 55.8 Å². The molecule has 1 N–H and O–H groups in total. The molecule has 180 valence electrons. The Labute approximate surface area is 192 Å². The molecule has 0 aliphatic carbocycles. The Morgan fingerprint density at radius 3 is 2.21 bits per heavy atom. The molecule has 2 aromatic carbocycles. The molecule has 33 heavy (non-hydrogen) atoms. The van der Waals surface area contributed by atoms with Gasteiger partial charge in [-0.3, -0.25) is 9.69 Å².